The number of aryl methyl sites for hydroxylation is 1. The van der Waals surface area contributed by atoms with Gasteiger partial charge in [-0.15, -0.1) is 0 Å². The fourth-order valence-corrected chi connectivity index (χ4v) is 1.81. The molecule has 2 rings (SSSR count). The van der Waals surface area contributed by atoms with Crippen LogP contribution < -0.4 is 0 Å². The van der Waals surface area contributed by atoms with Crippen molar-refractivity contribution in [2.45, 2.75) is 48.5 Å². The fourth-order valence-electron chi connectivity index (χ4n) is 1.81. The average Bonchev–Trinajstić information content (AvgIpc) is 2.58. The largest absolute Gasteiger partial charge is 0.248 e. The van der Waals surface area contributed by atoms with Crippen LogP contribution >= 0.6 is 0 Å². The molecule has 0 atom stereocenters. The third-order valence-electron chi connectivity index (χ3n) is 3.01. The van der Waals surface area contributed by atoms with Crippen molar-refractivity contribution in [1.29, 1.82) is 0 Å². The van der Waals surface area contributed by atoms with E-state index in [1.165, 1.54) is 16.7 Å². The second-order valence-corrected chi connectivity index (χ2v) is 4.19. The Balaban J connectivity index is 0.000000921. The first-order valence-corrected chi connectivity index (χ1v) is 7.88. The highest BCUT2D eigenvalue weighted by Gasteiger charge is 2.04. The molecule has 0 aliphatic heterocycles. The average molecular weight is 283 g/mol. The number of nitrogens with zero attached hydrogens (tertiary/aromatic N) is 1. The number of hydrogen-bond acceptors (Lipinski definition) is 1. The number of benzene rings is 1. The van der Waals surface area contributed by atoms with Crippen LogP contribution in [-0.4, -0.2) is 4.98 Å². The minimum atomic E-state index is 1.04. The van der Waals surface area contributed by atoms with E-state index in [4.69, 9.17) is 4.98 Å². The first kappa shape index (κ1) is 19.1. The Bertz CT molecular complexity index is 553. The van der Waals surface area contributed by atoms with E-state index in [1.54, 1.807) is 0 Å². The van der Waals surface area contributed by atoms with Gasteiger partial charge in [0, 0.05) is 5.56 Å². The van der Waals surface area contributed by atoms with E-state index < -0.39 is 0 Å². The maximum atomic E-state index is 4.71. The third kappa shape index (κ3) is 5.55. The predicted molar refractivity (Wildman–Crippen MR) is 96.4 cm³/mol. The molecular formula is C20H29N. The van der Waals surface area contributed by atoms with Crippen molar-refractivity contribution in [1.82, 2.24) is 4.98 Å². The lowest BCUT2D eigenvalue weighted by Gasteiger charge is -2.07. The lowest BCUT2D eigenvalue weighted by molar-refractivity contribution is 1.25. The van der Waals surface area contributed by atoms with Gasteiger partial charge >= 0.3 is 0 Å². The molecular weight excluding hydrogens is 254 g/mol. The van der Waals surface area contributed by atoms with Crippen molar-refractivity contribution >= 4 is 5.57 Å². The molecule has 21 heavy (non-hydrogen) atoms. The molecule has 1 heteroatoms. The van der Waals surface area contributed by atoms with Gasteiger partial charge in [-0.1, -0.05) is 64.1 Å². The van der Waals surface area contributed by atoms with Crippen LogP contribution in [0.3, 0.4) is 0 Å². The molecule has 0 aliphatic carbocycles. The zero-order valence-electron chi connectivity index (χ0n) is 14.6. The summed E-state index contributed by atoms with van der Waals surface area (Å²) in [5.41, 5.74) is 5.77. The number of allylic oxidation sites excluding steroid dienone is 2. The summed E-state index contributed by atoms with van der Waals surface area (Å²) < 4.78 is 0. The van der Waals surface area contributed by atoms with E-state index in [2.05, 4.69) is 62.4 Å². The molecule has 0 amide bonds. The Morgan fingerprint density at radius 1 is 0.905 bits per heavy atom. The highest BCUT2D eigenvalue weighted by molar-refractivity contribution is 5.67. The number of rotatable bonds is 2. The molecule has 1 heterocycles. The predicted octanol–water partition coefficient (Wildman–Crippen LogP) is 6.53. The van der Waals surface area contributed by atoms with E-state index in [1.807, 2.05) is 34.6 Å². The van der Waals surface area contributed by atoms with Crippen LogP contribution in [0.25, 0.3) is 16.8 Å². The first-order valence-electron chi connectivity index (χ1n) is 7.88. The Kier molecular flexibility index (Phi) is 9.87. The summed E-state index contributed by atoms with van der Waals surface area (Å²) in [4.78, 5) is 4.71. The van der Waals surface area contributed by atoms with Crippen LogP contribution in [0.15, 0.2) is 48.5 Å². The molecule has 0 bridgehead atoms. The van der Waals surface area contributed by atoms with E-state index in [0.29, 0.717) is 0 Å². The fraction of sp³-hybridized carbons (Fsp3) is 0.350. The van der Waals surface area contributed by atoms with Gasteiger partial charge in [0.15, 0.2) is 0 Å². The molecule has 0 aliphatic rings. The summed E-state index contributed by atoms with van der Waals surface area (Å²) in [5.74, 6) is 0. The number of pyridine rings is 1. The van der Waals surface area contributed by atoms with E-state index in [0.717, 1.165) is 11.4 Å². The molecule has 0 N–H and O–H groups in total. The van der Waals surface area contributed by atoms with Crippen molar-refractivity contribution < 1.29 is 0 Å². The third-order valence-corrected chi connectivity index (χ3v) is 3.01. The zero-order chi connectivity index (χ0) is 16.3. The van der Waals surface area contributed by atoms with Crippen molar-refractivity contribution in [2.24, 2.45) is 0 Å². The van der Waals surface area contributed by atoms with Gasteiger partial charge in [0.2, 0.25) is 0 Å². The summed E-state index contributed by atoms with van der Waals surface area (Å²) in [5, 5.41) is 0. The molecule has 1 aromatic heterocycles. The summed E-state index contributed by atoms with van der Waals surface area (Å²) in [6.45, 7) is 14.2. The Hall–Kier alpha value is -1.89. The lowest BCUT2D eigenvalue weighted by atomic mass is 10.0. The first-order chi connectivity index (χ1) is 10.2. The highest BCUT2D eigenvalue weighted by atomic mass is 14.7. The van der Waals surface area contributed by atoms with Gasteiger partial charge in [-0.2, -0.15) is 0 Å². The van der Waals surface area contributed by atoms with Crippen LogP contribution in [0.1, 0.15) is 52.8 Å². The van der Waals surface area contributed by atoms with Gasteiger partial charge in [-0.05, 0) is 44.0 Å². The topological polar surface area (TPSA) is 12.9 Å². The monoisotopic (exact) mass is 283 g/mol. The second kappa shape index (κ2) is 10.8. The van der Waals surface area contributed by atoms with Crippen molar-refractivity contribution in [3.05, 3.63) is 59.8 Å². The SMILES string of the molecule is CC.CC.CC=C(C)c1cccc(-c2ccccc2C)n1. The van der Waals surface area contributed by atoms with Crippen molar-refractivity contribution in [3.63, 3.8) is 0 Å². The molecule has 0 fully saturated rings. The summed E-state index contributed by atoms with van der Waals surface area (Å²) in [6, 6.07) is 14.5. The summed E-state index contributed by atoms with van der Waals surface area (Å²) >= 11 is 0. The number of aromatic nitrogens is 1. The van der Waals surface area contributed by atoms with Gasteiger partial charge in [-0.3, -0.25) is 0 Å². The minimum Gasteiger partial charge on any atom is -0.248 e. The summed E-state index contributed by atoms with van der Waals surface area (Å²) in [7, 11) is 0. The lowest BCUT2D eigenvalue weighted by Crippen LogP contribution is -1.91. The Labute approximate surface area is 130 Å². The maximum Gasteiger partial charge on any atom is 0.0712 e. The second-order valence-electron chi connectivity index (χ2n) is 4.19. The molecule has 2 aromatic rings. The standard InChI is InChI=1S/C16H17N.2C2H6/c1-4-12(2)15-10-7-11-16(17-15)14-9-6-5-8-13(14)3;2*1-2/h4-11H,1-3H3;2*1-2H3. The maximum absolute atomic E-state index is 4.71. The van der Waals surface area contributed by atoms with Crippen LogP contribution in [0.4, 0.5) is 0 Å². The molecule has 1 aromatic carbocycles. The minimum absolute atomic E-state index is 1.04. The Morgan fingerprint density at radius 2 is 1.52 bits per heavy atom. The molecule has 0 radical (unpaired) electrons. The quantitative estimate of drug-likeness (QED) is 0.610. The molecule has 1 nitrogen and oxygen atoms in total. The molecule has 0 saturated heterocycles. The van der Waals surface area contributed by atoms with E-state index in [-0.39, 0.29) is 0 Å². The van der Waals surface area contributed by atoms with Gasteiger partial charge in [-0.25, -0.2) is 4.98 Å². The van der Waals surface area contributed by atoms with Crippen LogP contribution in [-0.2, 0) is 0 Å². The van der Waals surface area contributed by atoms with Crippen LogP contribution in [0.5, 0.6) is 0 Å². The van der Waals surface area contributed by atoms with Crippen LogP contribution in [0, 0.1) is 6.92 Å². The van der Waals surface area contributed by atoms with Gasteiger partial charge in [0.05, 0.1) is 11.4 Å². The molecule has 0 saturated carbocycles. The highest BCUT2D eigenvalue weighted by Crippen LogP contribution is 2.22. The van der Waals surface area contributed by atoms with Gasteiger partial charge in [0.25, 0.3) is 0 Å². The van der Waals surface area contributed by atoms with Crippen molar-refractivity contribution in [2.75, 3.05) is 0 Å². The van der Waals surface area contributed by atoms with E-state index >= 15 is 0 Å². The molecule has 0 unspecified atom stereocenters. The normalized spacial score (nSPS) is 9.95. The number of hydrogen-bond donors (Lipinski definition) is 0. The van der Waals surface area contributed by atoms with Gasteiger partial charge in [0.1, 0.15) is 0 Å². The summed E-state index contributed by atoms with van der Waals surface area (Å²) in [6.07, 6.45) is 2.09. The molecule has 0 spiro atoms. The molecule has 114 valence electrons. The van der Waals surface area contributed by atoms with Crippen molar-refractivity contribution in [3.8, 4) is 11.3 Å². The van der Waals surface area contributed by atoms with Crippen LogP contribution in [0.2, 0.25) is 0 Å². The smallest absolute Gasteiger partial charge is 0.0712 e. The Morgan fingerprint density at radius 3 is 2.10 bits per heavy atom. The van der Waals surface area contributed by atoms with E-state index in [9.17, 15) is 0 Å². The zero-order valence-corrected chi connectivity index (χ0v) is 14.6. The van der Waals surface area contributed by atoms with Gasteiger partial charge < -0.3 is 0 Å².